The Morgan fingerprint density at radius 1 is 0.625 bits per heavy atom. The van der Waals surface area contributed by atoms with Crippen LogP contribution in [0.1, 0.15) is 16.7 Å². The van der Waals surface area contributed by atoms with E-state index in [1.807, 2.05) is 0 Å². The molecule has 0 radical (unpaired) electrons. The largest absolute Gasteiger partial charge is 0.497 e. The van der Waals surface area contributed by atoms with Gasteiger partial charge in [0.25, 0.3) is 0 Å². The lowest BCUT2D eigenvalue weighted by Gasteiger charge is -2.24. The number of rotatable bonds is 4. The molecule has 0 heterocycles. The summed E-state index contributed by atoms with van der Waals surface area (Å²) in [6.45, 7) is 6.60. The zero-order chi connectivity index (χ0) is 17.1. The van der Waals surface area contributed by atoms with Gasteiger partial charge in [0.15, 0.2) is 0 Å². The highest BCUT2D eigenvalue weighted by atomic mass is 31.1. The predicted octanol–water partition coefficient (Wildman–Crippen LogP) is 4.38. The summed E-state index contributed by atoms with van der Waals surface area (Å²) in [5.41, 5.74) is 3.98. The Bertz CT molecular complexity index is 809. The van der Waals surface area contributed by atoms with E-state index in [-0.39, 0.29) is 0 Å². The first-order valence-electron chi connectivity index (χ1n) is 8.18. The van der Waals surface area contributed by atoms with E-state index < -0.39 is 7.92 Å². The van der Waals surface area contributed by atoms with Crippen molar-refractivity contribution in [3.05, 3.63) is 83.4 Å². The summed E-state index contributed by atoms with van der Waals surface area (Å²) < 4.78 is 5.40. The van der Waals surface area contributed by atoms with Crippen LogP contribution in [0.5, 0.6) is 5.75 Å². The molecule has 0 aliphatic rings. The summed E-state index contributed by atoms with van der Waals surface area (Å²) in [7, 11) is 1.14. The lowest BCUT2D eigenvalue weighted by Crippen LogP contribution is -2.25. The number of methoxy groups -OCH3 is 1. The van der Waals surface area contributed by atoms with Crippen LogP contribution >= 0.6 is 7.92 Å². The van der Waals surface area contributed by atoms with E-state index in [9.17, 15) is 0 Å². The van der Waals surface area contributed by atoms with E-state index in [2.05, 4.69) is 87.5 Å². The number of hydrogen-bond acceptors (Lipinski definition) is 1. The van der Waals surface area contributed by atoms with Crippen LogP contribution in [-0.4, -0.2) is 7.11 Å². The molecule has 0 atom stereocenters. The molecule has 0 saturated heterocycles. The van der Waals surface area contributed by atoms with Gasteiger partial charge in [-0.1, -0.05) is 48.5 Å². The molecular formula is C22H23OP. The predicted molar refractivity (Wildman–Crippen MR) is 106 cm³/mol. The summed E-state index contributed by atoms with van der Waals surface area (Å²) >= 11 is 0. The Morgan fingerprint density at radius 3 is 1.58 bits per heavy atom. The van der Waals surface area contributed by atoms with Gasteiger partial charge in [0.1, 0.15) is 5.75 Å². The van der Waals surface area contributed by atoms with Crippen LogP contribution in [0, 0.1) is 20.8 Å². The van der Waals surface area contributed by atoms with Crippen LogP contribution < -0.4 is 20.7 Å². The van der Waals surface area contributed by atoms with Gasteiger partial charge in [-0.25, -0.2) is 0 Å². The molecule has 0 aliphatic heterocycles. The Morgan fingerprint density at radius 2 is 1.12 bits per heavy atom. The zero-order valence-electron chi connectivity index (χ0n) is 14.7. The summed E-state index contributed by atoms with van der Waals surface area (Å²) in [5, 5.41) is 4.25. The zero-order valence-corrected chi connectivity index (χ0v) is 15.6. The number of benzene rings is 3. The molecular weight excluding hydrogens is 311 g/mol. The molecule has 0 amide bonds. The van der Waals surface area contributed by atoms with E-state index in [0.29, 0.717) is 0 Å². The van der Waals surface area contributed by atoms with Gasteiger partial charge < -0.3 is 4.74 Å². The maximum Gasteiger partial charge on any atom is 0.119 e. The van der Waals surface area contributed by atoms with Gasteiger partial charge in [-0.2, -0.15) is 0 Å². The third kappa shape index (κ3) is 3.23. The first-order chi connectivity index (χ1) is 11.6. The molecule has 0 saturated carbocycles. The lowest BCUT2D eigenvalue weighted by atomic mass is 10.2. The standard InChI is InChI=1S/C22H23OP/c1-16-9-5-7-11-20(16)24(21-12-8-6-10-17(21)2)22-14-13-19(23-4)15-18(22)3/h5-15H,1-4H3. The van der Waals surface area contributed by atoms with Crippen molar-refractivity contribution >= 4 is 23.8 Å². The molecule has 0 unspecified atom stereocenters. The van der Waals surface area contributed by atoms with Crippen molar-refractivity contribution in [3.8, 4) is 5.75 Å². The van der Waals surface area contributed by atoms with Crippen molar-refractivity contribution in [1.82, 2.24) is 0 Å². The van der Waals surface area contributed by atoms with Gasteiger partial charge in [0.05, 0.1) is 7.11 Å². The highest BCUT2D eigenvalue weighted by Gasteiger charge is 2.21. The minimum atomic E-state index is -0.581. The molecule has 0 fully saturated rings. The third-order valence-corrected chi connectivity index (χ3v) is 7.31. The van der Waals surface area contributed by atoms with E-state index in [0.717, 1.165) is 5.75 Å². The van der Waals surface area contributed by atoms with Crippen molar-refractivity contribution in [2.75, 3.05) is 7.11 Å². The van der Waals surface area contributed by atoms with Gasteiger partial charge in [0.2, 0.25) is 0 Å². The van der Waals surface area contributed by atoms with E-state index >= 15 is 0 Å². The number of hydrogen-bond donors (Lipinski definition) is 0. The fourth-order valence-electron chi connectivity index (χ4n) is 3.02. The van der Waals surface area contributed by atoms with E-state index in [1.165, 1.54) is 32.6 Å². The highest BCUT2D eigenvalue weighted by Crippen LogP contribution is 2.37. The van der Waals surface area contributed by atoms with Gasteiger partial charge in [-0.3, -0.25) is 0 Å². The van der Waals surface area contributed by atoms with Crippen LogP contribution in [0.3, 0.4) is 0 Å². The number of aryl methyl sites for hydroxylation is 3. The Balaban J connectivity index is 2.24. The molecule has 0 aliphatic carbocycles. The molecule has 2 heteroatoms. The van der Waals surface area contributed by atoms with Crippen molar-refractivity contribution in [2.45, 2.75) is 20.8 Å². The second kappa shape index (κ2) is 7.20. The smallest absolute Gasteiger partial charge is 0.119 e. The minimum absolute atomic E-state index is 0.581. The molecule has 3 aromatic rings. The average molecular weight is 334 g/mol. The normalized spacial score (nSPS) is 10.9. The molecule has 0 spiro atoms. The molecule has 3 rings (SSSR count). The van der Waals surface area contributed by atoms with Crippen molar-refractivity contribution in [3.63, 3.8) is 0 Å². The topological polar surface area (TPSA) is 9.23 Å². The minimum Gasteiger partial charge on any atom is -0.497 e. The summed E-state index contributed by atoms with van der Waals surface area (Å²) in [4.78, 5) is 0. The van der Waals surface area contributed by atoms with Gasteiger partial charge in [-0.05, 0) is 79.5 Å². The molecule has 0 N–H and O–H groups in total. The summed E-state index contributed by atoms with van der Waals surface area (Å²) in [5.74, 6) is 0.917. The molecule has 24 heavy (non-hydrogen) atoms. The second-order valence-electron chi connectivity index (χ2n) is 6.06. The third-order valence-electron chi connectivity index (χ3n) is 4.36. The van der Waals surface area contributed by atoms with Gasteiger partial charge in [0, 0.05) is 0 Å². The van der Waals surface area contributed by atoms with Crippen molar-refractivity contribution < 1.29 is 4.74 Å². The second-order valence-corrected chi connectivity index (χ2v) is 8.18. The monoisotopic (exact) mass is 334 g/mol. The summed E-state index contributed by atoms with van der Waals surface area (Å²) in [6.07, 6.45) is 0. The van der Waals surface area contributed by atoms with Crippen LogP contribution in [-0.2, 0) is 0 Å². The fourth-order valence-corrected chi connectivity index (χ4v) is 5.77. The van der Waals surface area contributed by atoms with Crippen LogP contribution in [0.2, 0.25) is 0 Å². The van der Waals surface area contributed by atoms with E-state index in [4.69, 9.17) is 4.74 Å². The van der Waals surface area contributed by atoms with Gasteiger partial charge >= 0.3 is 0 Å². The van der Waals surface area contributed by atoms with Crippen LogP contribution in [0.15, 0.2) is 66.7 Å². The molecule has 122 valence electrons. The fraction of sp³-hybridized carbons (Fsp3) is 0.182. The molecule has 3 aromatic carbocycles. The first kappa shape index (κ1) is 16.7. The SMILES string of the molecule is COc1ccc(P(c2ccccc2C)c2ccccc2C)c(C)c1. The Hall–Kier alpha value is -2.11. The first-order valence-corrected chi connectivity index (χ1v) is 9.52. The van der Waals surface area contributed by atoms with Crippen LogP contribution in [0.25, 0.3) is 0 Å². The van der Waals surface area contributed by atoms with Crippen molar-refractivity contribution in [1.29, 1.82) is 0 Å². The number of ether oxygens (including phenoxy) is 1. The Labute approximate surface area is 146 Å². The highest BCUT2D eigenvalue weighted by molar-refractivity contribution is 7.80. The molecule has 0 bridgehead atoms. The average Bonchev–Trinajstić information content (AvgIpc) is 2.59. The van der Waals surface area contributed by atoms with E-state index in [1.54, 1.807) is 7.11 Å². The van der Waals surface area contributed by atoms with Crippen LogP contribution in [0.4, 0.5) is 0 Å². The lowest BCUT2D eigenvalue weighted by molar-refractivity contribution is 0.414. The molecule has 0 aromatic heterocycles. The summed E-state index contributed by atoms with van der Waals surface area (Å²) in [6, 6.07) is 24.0. The maximum atomic E-state index is 5.40. The molecule has 1 nitrogen and oxygen atoms in total. The van der Waals surface area contributed by atoms with Gasteiger partial charge in [-0.15, -0.1) is 0 Å². The van der Waals surface area contributed by atoms with Crippen molar-refractivity contribution in [2.24, 2.45) is 0 Å². The Kier molecular flexibility index (Phi) is 5.02. The maximum absolute atomic E-state index is 5.40. The quantitative estimate of drug-likeness (QED) is 0.644.